The molecule has 4 rings (SSSR count). The topological polar surface area (TPSA) is 112 Å². The Morgan fingerprint density at radius 2 is 1.97 bits per heavy atom. The average Bonchev–Trinajstić information content (AvgIpc) is 3.06. The zero-order valence-electron chi connectivity index (χ0n) is 15.0. The number of nitrogens with one attached hydrogen (secondary N) is 1. The number of rotatable bonds is 5. The predicted molar refractivity (Wildman–Crippen MR) is 113 cm³/mol. The Balaban J connectivity index is 1.64. The molecule has 0 saturated carbocycles. The third-order valence-corrected chi connectivity index (χ3v) is 4.95. The van der Waals surface area contributed by atoms with Crippen LogP contribution in [0.5, 0.6) is 11.5 Å². The van der Waals surface area contributed by atoms with Crippen molar-refractivity contribution >= 4 is 50.5 Å². The van der Waals surface area contributed by atoms with Crippen LogP contribution in [0, 0.1) is 10.1 Å². The van der Waals surface area contributed by atoms with E-state index < -0.39 is 10.8 Å². The molecule has 0 bridgehead atoms. The highest BCUT2D eigenvalue weighted by Gasteiger charge is 2.20. The van der Waals surface area contributed by atoms with Gasteiger partial charge in [-0.25, -0.2) is 9.50 Å². The van der Waals surface area contributed by atoms with Gasteiger partial charge in [0, 0.05) is 29.5 Å². The van der Waals surface area contributed by atoms with Gasteiger partial charge in [0.25, 0.3) is 11.6 Å². The van der Waals surface area contributed by atoms with Crippen molar-refractivity contribution in [3.63, 3.8) is 0 Å². The molecule has 0 aliphatic heterocycles. The molecule has 0 aliphatic carbocycles. The molecule has 0 radical (unpaired) electrons. The predicted octanol–water partition coefficient (Wildman–Crippen LogP) is 5.10. The standard InChI is InChI=1S/C19H11BrClN5O4/c20-16-17(24-25-7-1-6-22-18(16)25)19(27)23-12-8-13(26(28)29)10-15(9-12)30-14-4-2-11(21)3-5-14/h1-10H,(H,23,27). The zero-order chi connectivity index (χ0) is 21.3. The van der Waals surface area contributed by atoms with E-state index in [1.165, 1.54) is 22.7 Å². The van der Waals surface area contributed by atoms with Crippen LogP contribution in [-0.4, -0.2) is 25.4 Å². The van der Waals surface area contributed by atoms with Gasteiger partial charge >= 0.3 is 0 Å². The molecule has 2 aromatic carbocycles. The molecule has 0 saturated heterocycles. The Hall–Kier alpha value is -3.50. The smallest absolute Gasteiger partial charge is 0.277 e. The van der Waals surface area contributed by atoms with E-state index in [1.807, 2.05) is 0 Å². The van der Waals surface area contributed by atoms with Crippen molar-refractivity contribution in [2.75, 3.05) is 5.32 Å². The summed E-state index contributed by atoms with van der Waals surface area (Å²) in [7, 11) is 0. The third kappa shape index (κ3) is 4.09. The highest BCUT2D eigenvalue weighted by atomic mass is 79.9. The van der Waals surface area contributed by atoms with Crippen molar-refractivity contribution in [2.45, 2.75) is 0 Å². The SMILES string of the molecule is O=C(Nc1cc(Oc2ccc(Cl)cc2)cc([N+](=O)[O-])c1)c1nn2cccnc2c1Br. The fraction of sp³-hybridized carbons (Fsp3) is 0. The highest BCUT2D eigenvalue weighted by Crippen LogP contribution is 2.31. The molecule has 0 aliphatic rings. The molecular formula is C19H11BrClN5O4. The number of aromatic nitrogens is 3. The minimum Gasteiger partial charge on any atom is -0.457 e. The van der Waals surface area contributed by atoms with Gasteiger partial charge < -0.3 is 10.1 Å². The van der Waals surface area contributed by atoms with Crippen LogP contribution in [0.25, 0.3) is 5.65 Å². The molecule has 9 nitrogen and oxygen atoms in total. The lowest BCUT2D eigenvalue weighted by atomic mass is 10.2. The van der Waals surface area contributed by atoms with Gasteiger partial charge in [-0.2, -0.15) is 5.10 Å². The molecule has 0 spiro atoms. The number of hydrogen-bond acceptors (Lipinski definition) is 6. The van der Waals surface area contributed by atoms with Gasteiger partial charge in [-0.05, 0) is 46.3 Å². The van der Waals surface area contributed by atoms with E-state index in [0.717, 1.165) is 0 Å². The first-order valence-electron chi connectivity index (χ1n) is 8.44. The van der Waals surface area contributed by atoms with Crippen LogP contribution in [0.15, 0.2) is 65.4 Å². The number of halogens is 2. The van der Waals surface area contributed by atoms with Crippen LogP contribution in [0.3, 0.4) is 0 Å². The molecule has 4 aromatic rings. The number of nitro benzene ring substituents is 1. The maximum absolute atomic E-state index is 12.7. The van der Waals surface area contributed by atoms with Crippen LogP contribution < -0.4 is 10.1 Å². The van der Waals surface area contributed by atoms with E-state index in [-0.39, 0.29) is 22.8 Å². The van der Waals surface area contributed by atoms with Crippen molar-refractivity contribution in [3.05, 3.63) is 86.2 Å². The van der Waals surface area contributed by atoms with Gasteiger partial charge in [-0.3, -0.25) is 14.9 Å². The zero-order valence-corrected chi connectivity index (χ0v) is 17.3. The fourth-order valence-electron chi connectivity index (χ4n) is 2.65. The summed E-state index contributed by atoms with van der Waals surface area (Å²) in [5.41, 5.74) is 0.483. The van der Waals surface area contributed by atoms with Gasteiger partial charge in [0.15, 0.2) is 11.3 Å². The number of carbonyl (C=O) groups excluding carboxylic acids is 1. The van der Waals surface area contributed by atoms with Gasteiger partial charge in [0.2, 0.25) is 0 Å². The first-order valence-corrected chi connectivity index (χ1v) is 9.61. The van der Waals surface area contributed by atoms with Gasteiger partial charge in [0.05, 0.1) is 21.1 Å². The molecule has 1 N–H and O–H groups in total. The number of nitro groups is 1. The van der Waals surface area contributed by atoms with Crippen LogP contribution in [0.2, 0.25) is 5.02 Å². The van der Waals surface area contributed by atoms with E-state index in [2.05, 4.69) is 31.3 Å². The largest absolute Gasteiger partial charge is 0.457 e. The number of ether oxygens (including phenoxy) is 1. The van der Waals surface area contributed by atoms with E-state index in [0.29, 0.717) is 20.9 Å². The lowest BCUT2D eigenvalue weighted by molar-refractivity contribution is -0.384. The molecule has 2 heterocycles. The molecular weight excluding hydrogens is 478 g/mol. The Morgan fingerprint density at radius 1 is 1.20 bits per heavy atom. The summed E-state index contributed by atoms with van der Waals surface area (Å²) >= 11 is 9.17. The molecule has 0 atom stereocenters. The minimum atomic E-state index is -0.574. The second-order valence-corrected chi connectivity index (χ2v) is 7.26. The van der Waals surface area contributed by atoms with Gasteiger partial charge in [-0.1, -0.05) is 11.6 Å². The number of carbonyl (C=O) groups is 1. The molecule has 30 heavy (non-hydrogen) atoms. The number of nitrogens with zero attached hydrogens (tertiary/aromatic N) is 4. The van der Waals surface area contributed by atoms with Gasteiger partial charge in [-0.15, -0.1) is 0 Å². The normalized spacial score (nSPS) is 10.7. The molecule has 150 valence electrons. The third-order valence-electron chi connectivity index (χ3n) is 3.96. The second kappa shape index (κ2) is 8.09. The molecule has 0 unspecified atom stereocenters. The number of non-ortho nitro benzene ring substituents is 1. The van der Waals surface area contributed by atoms with E-state index >= 15 is 0 Å². The summed E-state index contributed by atoms with van der Waals surface area (Å²) in [5.74, 6) is 0.0502. The Kier molecular flexibility index (Phi) is 5.34. The number of fused-ring (bicyclic) bond motifs is 1. The second-order valence-electron chi connectivity index (χ2n) is 6.03. The van der Waals surface area contributed by atoms with Crippen molar-refractivity contribution in [2.24, 2.45) is 0 Å². The summed E-state index contributed by atoms with van der Waals surface area (Å²) in [6.45, 7) is 0. The van der Waals surface area contributed by atoms with Crippen molar-refractivity contribution < 1.29 is 14.5 Å². The van der Waals surface area contributed by atoms with Gasteiger partial charge in [0.1, 0.15) is 11.5 Å². The van der Waals surface area contributed by atoms with E-state index in [1.54, 1.807) is 42.7 Å². The van der Waals surface area contributed by atoms with Crippen molar-refractivity contribution in [3.8, 4) is 11.5 Å². The van der Waals surface area contributed by atoms with Crippen molar-refractivity contribution in [1.29, 1.82) is 0 Å². The Labute approximate surface area is 182 Å². The fourth-order valence-corrected chi connectivity index (χ4v) is 3.32. The molecule has 11 heteroatoms. The number of amides is 1. The molecule has 2 aromatic heterocycles. The lowest BCUT2D eigenvalue weighted by Crippen LogP contribution is -2.13. The Bertz CT molecular complexity index is 1280. The first kappa shape index (κ1) is 19.8. The lowest BCUT2D eigenvalue weighted by Gasteiger charge is -2.09. The number of hydrogen-bond donors (Lipinski definition) is 1. The maximum atomic E-state index is 12.7. The monoisotopic (exact) mass is 487 g/mol. The summed E-state index contributed by atoms with van der Waals surface area (Å²) in [6, 6.07) is 12.2. The quantitative estimate of drug-likeness (QED) is 0.309. The molecule has 0 fully saturated rings. The maximum Gasteiger partial charge on any atom is 0.277 e. The van der Waals surface area contributed by atoms with Crippen LogP contribution in [0.4, 0.5) is 11.4 Å². The van der Waals surface area contributed by atoms with E-state index in [9.17, 15) is 14.9 Å². The van der Waals surface area contributed by atoms with Crippen LogP contribution in [0.1, 0.15) is 10.5 Å². The van der Waals surface area contributed by atoms with E-state index in [4.69, 9.17) is 16.3 Å². The minimum absolute atomic E-state index is 0.0837. The Morgan fingerprint density at radius 3 is 2.67 bits per heavy atom. The van der Waals surface area contributed by atoms with Crippen molar-refractivity contribution in [1.82, 2.24) is 14.6 Å². The summed E-state index contributed by atoms with van der Waals surface area (Å²) < 4.78 is 7.52. The number of benzene rings is 2. The summed E-state index contributed by atoms with van der Waals surface area (Å²) in [5, 5.41) is 18.6. The summed E-state index contributed by atoms with van der Waals surface area (Å²) in [6.07, 6.45) is 3.22. The number of anilines is 1. The molecule has 1 amide bonds. The highest BCUT2D eigenvalue weighted by molar-refractivity contribution is 9.10. The average molecular weight is 489 g/mol. The first-order chi connectivity index (χ1) is 14.4. The summed E-state index contributed by atoms with van der Waals surface area (Å²) in [4.78, 5) is 27.6. The van der Waals surface area contributed by atoms with Crippen LogP contribution >= 0.6 is 27.5 Å². The van der Waals surface area contributed by atoms with Crippen LogP contribution in [-0.2, 0) is 0 Å².